The molecule has 3 N–H and O–H groups in total. The highest BCUT2D eigenvalue weighted by atomic mass is 32.2. The quantitative estimate of drug-likeness (QED) is 0.546. The molecule has 2 amide bonds. The van der Waals surface area contributed by atoms with E-state index >= 15 is 0 Å². The molecule has 1 aliphatic carbocycles. The van der Waals surface area contributed by atoms with Gasteiger partial charge in [-0.05, 0) is 18.9 Å². The number of hydrogen-bond acceptors (Lipinski definition) is 6. The summed E-state index contributed by atoms with van der Waals surface area (Å²) in [5.41, 5.74) is 4.62. The Balaban J connectivity index is 2.05. The Morgan fingerprint density at radius 2 is 1.92 bits per heavy atom. The van der Waals surface area contributed by atoms with Crippen LogP contribution in [-0.2, 0) is 9.84 Å². The molecule has 0 saturated heterocycles. The number of nitrogens with one attached hydrogen (secondary N) is 3. The van der Waals surface area contributed by atoms with Crippen molar-refractivity contribution in [2.45, 2.75) is 43.0 Å². The van der Waals surface area contributed by atoms with Crippen molar-refractivity contribution in [1.29, 1.82) is 0 Å². The molecule has 132 valence electrons. The summed E-state index contributed by atoms with van der Waals surface area (Å²) in [6.45, 7) is 0. The number of carbonyl (C=O) groups excluding carboxylic acids is 1. The predicted molar refractivity (Wildman–Crippen MR) is 88.4 cm³/mol. The third-order valence-corrected chi connectivity index (χ3v) is 4.96. The van der Waals surface area contributed by atoms with Gasteiger partial charge in [-0.25, -0.2) is 13.2 Å². The Labute approximate surface area is 139 Å². The number of carbonyl (C=O) groups is 1. The van der Waals surface area contributed by atoms with Crippen LogP contribution in [0.15, 0.2) is 23.1 Å². The molecule has 10 heteroatoms. The van der Waals surface area contributed by atoms with Crippen molar-refractivity contribution in [3.63, 3.8) is 0 Å². The molecule has 0 aromatic heterocycles. The van der Waals surface area contributed by atoms with Crippen LogP contribution in [0.3, 0.4) is 0 Å². The second-order valence-corrected chi connectivity index (χ2v) is 7.75. The first-order valence-corrected chi connectivity index (χ1v) is 9.47. The van der Waals surface area contributed by atoms with Gasteiger partial charge in [0.15, 0.2) is 9.84 Å². The number of urea groups is 1. The maximum Gasteiger partial charge on any atom is 0.333 e. The van der Waals surface area contributed by atoms with E-state index in [1.807, 2.05) is 0 Å². The first-order chi connectivity index (χ1) is 11.3. The number of sulfone groups is 1. The van der Waals surface area contributed by atoms with Crippen molar-refractivity contribution in [3.8, 4) is 0 Å². The fraction of sp³-hybridized carbons (Fsp3) is 0.500. The van der Waals surface area contributed by atoms with Crippen LogP contribution < -0.4 is 16.2 Å². The number of rotatable bonds is 5. The van der Waals surface area contributed by atoms with E-state index in [2.05, 4.69) is 16.2 Å². The number of anilines is 1. The van der Waals surface area contributed by atoms with Gasteiger partial charge in [0.05, 0.1) is 15.5 Å². The second kappa shape index (κ2) is 7.47. The molecule has 2 rings (SSSR count). The largest absolute Gasteiger partial charge is 0.334 e. The number of nitro groups is 1. The Hall–Kier alpha value is -2.36. The third kappa shape index (κ3) is 4.82. The number of benzene rings is 1. The normalized spacial score (nSPS) is 15.5. The zero-order valence-electron chi connectivity index (χ0n) is 13.2. The van der Waals surface area contributed by atoms with Gasteiger partial charge in [-0.3, -0.25) is 21.0 Å². The van der Waals surface area contributed by atoms with E-state index in [1.54, 1.807) is 0 Å². The van der Waals surface area contributed by atoms with Gasteiger partial charge in [-0.2, -0.15) is 0 Å². The number of nitrogens with zero attached hydrogens (tertiary/aromatic N) is 1. The molecule has 0 unspecified atom stereocenters. The monoisotopic (exact) mass is 356 g/mol. The molecule has 1 fully saturated rings. The molecule has 0 spiro atoms. The molecule has 1 aromatic carbocycles. The summed E-state index contributed by atoms with van der Waals surface area (Å²) < 4.78 is 23.6. The van der Waals surface area contributed by atoms with Crippen LogP contribution in [0.1, 0.15) is 32.1 Å². The Bertz CT molecular complexity index is 729. The fourth-order valence-electron chi connectivity index (χ4n) is 2.63. The minimum atomic E-state index is -3.70. The minimum Gasteiger partial charge on any atom is -0.334 e. The van der Waals surface area contributed by atoms with Crippen LogP contribution in [0.2, 0.25) is 0 Å². The topological polar surface area (TPSA) is 130 Å². The molecule has 1 saturated carbocycles. The highest BCUT2D eigenvalue weighted by molar-refractivity contribution is 7.90. The molecule has 9 nitrogen and oxygen atoms in total. The van der Waals surface area contributed by atoms with Crippen LogP contribution in [0.5, 0.6) is 0 Å². The number of non-ortho nitro benzene ring substituents is 1. The minimum absolute atomic E-state index is 0.0712. The molecule has 24 heavy (non-hydrogen) atoms. The summed E-state index contributed by atoms with van der Waals surface area (Å²) in [4.78, 5) is 21.7. The lowest BCUT2D eigenvalue weighted by Crippen LogP contribution is -2.45. The Morgan fingerprint density at radius 3 is 2.50 bits per heavy atom. The molecule has 0 bridgehead atoms. The van der Waals surface area contributed by atoms with Gasteiger partial charge in [0, 0.05) is 24.4 Å². The molecule has 0 aliphatic heterocycles. The van der Waals surface area contributed by atoms with E-state index in [0.29, 0.717) is 0 Å². The summed E-state index contributed by atoms with van der Waals surface area (Å²) >= 11 is 0. The smallest absolute Gasteiger partial charge is 0.333 e. The van der Waals surface area contributed by atoms with Crippen molar-refractivity contribution in [2.75, 3.05) is 11.7 Å². The van der Waals surface area contributed by atoms with Crippen LogP contribution in [0.25, 0.3) is 0 Å². The first-order valence-electron chi connectivity index (χ1n) is 7.58. The molecule has 1 aliphatic rings. The van der Waals surface area contributed by atoms with E-state index in [1.165, 1.54) is 12.5 Å². The number of nitro benzene ring substituents is 1. The summed E-state index contributed by atoms with van der Waals surface area (Å²) in [7, 11) is -3.70. The lowest BCUT2D eigenvalue weighted by molar-refractivity contribution is -0.385. The summed E-state index contributed by atoms with van der Waals surface area (Å²) in [5, 5.41) is 13.6. The van der Waals surface area contributed by atoms with Gasteiger partial charge in [0.1, 0.15) is 0 Å². The van der Waals surface area contributed by atoms with E-state index < -0.39 is 20.8 Å². The van der Waals surface area contributed by atoms with E-state index in [9.17, 15) is 23.3 Å². The van der Waals surface area contributed by atoms with Gasteiger partial charge >= 0.3 is 6.03 Å². The van der Waals surface area contributed by atoms with Crippen molar-refractivity contribution in [2.24, 2.45) is 0 Å². The van der Waals surface area contributed by atoms with E-state index in [-0.39, 0.29) is 22.3 Å². The maximum atomic E-state index is 11.9. The molecule has 0 heterocycles. The van der Waals surface area contributed by atoms with Gasteiger partial charge in [-0.15, -0.1) is 0 Å². The summed E-state index contributed by atoms with van der Waals surface area (Å²) in [5.74, 6) is 0. The van der Waals surface area contributed by atoms with E-state index in [4.69, 9.17) is 0 Å². The SMILES string of the molecule is CS(=O)(=O)c1cc([N+](=O)[O-])ccc1NNC(=O)NC1CCCCC1. The first kappa shape index (κ1) is 18.0. The second-order valence-electron chi connectivity index (χ2n) is 5.77. The van der Waals surface area contributed by atoms with Crippen LogP contribution in [-0.4, -0.2) is 31.7 Å². The Kier molecular flexibility index (Phi) is 5.60. The van der Waals surface area contributed by atoms with Crippen molar-refractivity contribution >= 4 is 27.2 Å². The van der Waals surface area contributed by atoms with E-state index in [0.717, 1.165) is 44.1 Å². The molecule has 0 radical (unpaired) electrons. The van der Waals surface area contributed by atoms with Crippen molar-refractivity contribution < 1.29 is 18.1 Å². The highest BCUT2D eigenvalue weighted by Gasteiger charge is 2.19. The predicted octanol–water partition coefficient (Wildman–Crippen LogP) is 1.96. The standard InChI is InChI=1S/C14H20N4O5S/c1-24(22,23)13-9-11(18(20)21)7-8-12(13)16-17-14(19)15-10-5-3-2-4-6-10/h7-10,16H,2-6H2,1H3,(H2,15,17,19). The molecular weight excluding hydrogens is 336 g/mol. The lowest BCUT2D eigenvalue weighted by atomic mass is 9.96. The average molecular weight is 356 g/mol. The van der Waals surface area contributed by atoms with Gasteiger partial charge in [0.25, 0.3) is 5.69 Å². The number of hydrogen-bond donors (Lipinski definition) is 3. The molecular formula is C14H20N4O5S. The Morgan fingerprint density at radius 1 is 1.25 bits per heavy atom. The number of amides is 2. The van der Waals surface area contributed by atoms with Crippen LogP contribution >= 0.6 is 0 Å². The van der Waals surface area contributed by atoms with Gasteiger partial charge < -0.3 is 5.32 Å². The zero-order chi connectivity index (χ0) is 17.7. The van der Waals surface area contributed by atoms with Crippen LogP contribution in [0, 0.1) is 10.1 Å². The van der Waals surface area contributed by atoms with Gasteiger partial charge in [-0.1, -0.05) is 19.3 Å². The average Bonchev–Trinajstić information content (AvgIpc) is 2.52. The van der Waals surface area contributed by atoms with Crippen molar-refractivity contribution in [3.05, 3.63) is 28.3 Å². The molecule has 0 atom stereocenters. The van der Waals surface area contributed by atoms with Gasteiger partial charge in [0.2, 0.25) is 0 Å². The van der Waals surface area contributed by atoms with Crippen molar-refractivity contribution in [1.82, 2.24) is 10.7 Å². The highest BCUT2D eigenvalue weighted by Crippen LogP contribution is 2.25. The number of hydrazine groups is 1. The maximum absolute atomic E-state index is 11.9. The third-order valence-electron chi connectivity index (χ3n) is 3.83. The fourth-order valence-corrected chi connectivity index (χ4v) is 3.48. The molecule has 1 aromatic rings. The summed E-state index contributed by atoms with van der Waals surface area (Å²) in [6, 6.07) is 3.00. The lowest BCUT2D eigenvalue weighted by Gasteiger charge is -2.23. The zero-order valence-corrected chi connectivity index (χ0v) is 14.1. The van der Waals surface area contributed by atoms with Crippen LogP contribution in [0.4, 0.5) is 16.2 Å². The summed E-state index contributed by atoms with van der Waals surface area (Å²) in [6.07, 6.45) is 6.08.